The van der Waals surface area contributed by atoms with Crippen LogP contribution in [0.15, 0.2) is 48.8 Å². The van der Waals surface area contributed by atoms with Crippen LogP contribution in [0.3, 0.4) is 0 Å². The van der Waals surface area contributed by atoms with E-state index in [0.29, 0.717) is 16.9 Å². The number of aromatic nitrogens is 2. The first-order valence-corrected chi connectivity index (χ1v) is 8.89. The zero-order valence-corrected chi connectivity index (χ0v) is 16.3. The van der Waals surface area contributed by atoms with Gasteiger partial charge in [-0.25, -0.2) is 4.98 Å². The van der Waals surface area contributed by atoms with Crippen LogP contribution in [0.25, 0.3) is 5.69 Å². The molecule has 29 heavy (non-hydrogen) atoms. The van der Waals surface area contributed by atoms with E-state index in [-0.39, 0.29) is 17.3 Å². The highest BCUT2D eigenvalue weighted by Crippen LogP contribution is 2.19. The van der Waals surface area contributed by atoms with Crippen molar-refractivity contribution in [3.05, 3.63) is 76.9 Å². The summed E-state index contributed by atoms with van der Waals surface area (Å²) >= 11 is 0. The molecule has 0 saturated heterocycles. The molecule has 0 bridgehead atoms. The molecule has 0 aliphatic rings. The van der Waals surface area contributed by atoms with E-state index in [0.717, 1.165) is 11.1 Å². The third kappa shape index (κ3) is 4.16. The lowest BCUT2D eigenvalue weighted by Gasteiger charge is -2.10. The van der Waals surface area contributed by atoms with Gasteiger partial charge in [-0.2, -0.15) is 0 Å². The maximum Gasteiger partial charge on any atom is 0.272 e. The van der Waals surface area contributed by atoms with E-state index in [4.69, 9.17) is 5.73 Å². The number of carbonyl (C=O) groups is 3. The number of hydrogen-bond acceptors (Lipinski definition) is 4. The lowest BCUT2D eigenvalue weighted by atomic mass is 10.1. The maximum absolute atomic E-state index is 12.5. The summed E-state index contributed by atoms with van der Waals surface area (Å²) in [6.45, 7) is 3.88. The molecule has 0 radical (unpaired) electrons. The Balaban J connectivity index is 1.86. The number of nitrogens with two attached hydrogens (primary N) is 1. The van der Waals surface area contributed by atoms with Crippen LogP contribution in [0.4, 0.5) is 5.69 Å². The summed E-state index contributed by atoms with van der Waals surface area (Å²) in [6, 6.07) is 12.4. The highest BCUT2D eigenvalue weighted by atomic mass is 16.2. The number of rotatable bonds is 5. The minimum atomic E-state index is -0.770. The van der Waals surface area contributed by atoms with Crippen LogP contribution in [-0.4, -0.2) is 34.3 Å². The molecule has 3 amide bonds. The Hall–Kier alpha value is -3.94. The van der Waals surface area contributed by atoms with Gasteiger partial charge in [-0.05, 0) is 50.2 Å². The Morgan fingerprint density at radius 3 is 2.14 bits per heavy atom. The van der Waals surface area contributed by atoms with Crippen LogP contribution in [0, 0.1) is 13.8 Å². The van der Waals surface area contributed by atoms with Crippen LogP contribution in [0.2, 0.25) is 0 Å². The van der Waals surface area contributed by atoms with Gasteiger partial charge in [0.15, 0.2) is 5.69 Å². The number of benzene rings is 2. The van der Waals surface area contributed by atoms with E-state index in [9.17, 15) is 14.4 Å². The zero-order chi connectivity index (χ0) is 21.1. The molecule has 0 aliphatic heterocycles. The molecule has 0 saturated carbocycles. The second-order valence-electron chi connectivity index (χ2n) is 6.63. The van der Waals surface area contributed by atoms with E-state index >= 15 is 0 Å². The Morgan fingerprint density at radius 1 is 0.966 bits per heavy atom. The molecule has 0 aliphatic carbocycles. The fraction of sp³-hybridized carbons (Fsp3) is 0.143. The maximum atomic E-state index is 12.5. The van der Waals surface area contributed by atoms with Gasteiger partial charge in [-0.3, -0.25) is 19.0 Å². The van der Waals surface area contributed by atoms with Gasteiger partial charge in [-0.15, -0.1) is 0 Å². The molecule has 1 aromatic heterocycles. The summed E-state index contributed by atoms with van der Waals surface area (Å²) in [5.74, 6) is -1.49. The molecule has 0 atom stereocenters. The molecule has 3 rings (SSSR count). The fourth-order valence-corrected chi connectivity index (χ4v) is 3.08. The quantitative estimate of drug-likeness (QED) is 0.618. The smallest absolute Gasteiger partial charge is 0.272 e. The van der Waals surface area contributed by atoms with Crippen molar-refractivity contribution in [3.8, 4) is 5.69 Å². The minimum Gasteiger partial charge on any atom is -0.364 e. The van der Waals surface area contributed by atoms with Crippen molar-refractivity contribution in [2.24, 2.45) is 5.73 Å². The molecular formula is C21H21N5O3. The number of carbonyl (C=O) groups excluding carboxylic acids is 3. The Labute approximate surface area is 167 Å². The highest BCUT2D eigenvalue weighted by Gasteiger charge is 2.22. The van der Waals surface area contributed by atoms with Crippen molar-refractivity contribution in [3.63, 3.8) is 0 Å². The van der Waals surface area contributed by atoms with E-state index in [1.807, 2.05) is 32.0 Å². The molecule has 4 N–H and O–H groups in total. The molecule has 0 fully saturated rings. The monoisotopic (exact) mass is 391 g/mol. The Bertz CT molecular complexity index is 1080. The largest absolute Gasteiger partial charge is 0.364 e. The summed E-state index contributed by atoms with van der Waals surface area (Å²) in [4.78, 5) is 40.2. The van der Waals surface area contributed by atoms with Crippen molar-refractivity contribution in [2.45, 2.75) is 13.8 Å². The van der Waals surface area contributed by atoms with Crippen molar-refractivity contribution in [1.29, 1.82) is 0 Å². The summed E-state index contributed by atoms with van der Waals surface area (Å²) in [6.07, 6.45) is 1.35. The summed E-state index contributed by atoms with van der Waals surface area (Å²) in [5.41, 5.74) is 9.13. The van der Waals surface area contributed by atoms with Gasteiger partial charge in [0.1, 0.15) is 12.0 Å². The normalized spacial score (nSPS) is 10.4. The Kier molecular flexibility index (Phi) is 5.45. The van der Waals surface area contributed by atoms with Crippen molar-refractivity contribution < 1.29 is 14.4 Å². The van der Waals surface area contributed by atoms with Crippen LogP contribution < -0.4 is 16.4 Å². The van der Waals surface area contributed by atoms with Crippen LogP contribution >= 0.6 is 0 Å². The predicted octanol–water partition coefficient (Wildman–Crippen LogP) is 2.20. The van der Waals surface area contributed by atoms with Gasteiger partial charge in [0.2, 0.25) is 0 Å². The van der Waals surface area contributed by atoms with E-state index in [1.54, 1.807) is 24.3 Å². The molecule has 0 spiro atoms. The third-order valence-electron chi connectivity index (χ3n) is 4.33. The number of imidazole rings is 1. The Morgan fingerprint density at radius 2 is 1.59 bits per heavy atom. The molecule has 0 unspecified atom stereocenters. The number of nitrogens with one attached hydrogen (secondary N) is 2. The average Bonchev–Trinajstić information content (AvgIpc) is 3.12. The molecule has 8 heteroatoms. The first-order valence-electron chi connectivity index (χ1n) is 8.89. The highest BCUT2D eigenvalue weighted by molar-refractivity contribution is 6.05. The van der Waals surface area contributed by atoms with Crippen molar-refractivity contribution in [1.82, 2.24) is 14.9 Å². The van der Waals surface area contributed by atoms with Gasteiger partial charge < -0.3 is 16.4 Å². The first kappa shape index (κ1) is 19.8. The molecular weight excluding hydrogens is 370 g/mol. The number of anilines is 1. The summed E-state index contributed by atoms with van der Waals surface area (Å²) in [7, 11) is 1.44. The first-order chi connectivity index (χ1) is 13.8. The number of primary amides is 1. The van der Waals surface area contributed by atoms with Gasteiger partial charge >= 0.3 is 0 Å². The zero-order valence-electron chi connectivity index (χ0n) is 16.3. The molecule has 148 valence electrons. The van der Waals surface area contributed by atoms with Crippen LogP contribution in [0.1, 0.15) is 42.5 Å². The predicted molar refractivity (Wildman–Crippen MR) is 109 cm³/mol. The molecule has 8 nitrogen and oxygen atoms in total. The number of aryl methyl sites for hydroxylation is 2. The lowest BCUT2D eigenvalue weighted by molar-refractivity contribution is 0.0937. The standard InChI is InChI=1S/C21H21N5O3/c1-12-8-13(2)10-14(9-12)20(28)25-15-4-6-16(7-5-15)26-11-24-17(21(29)23-3)18(26)19(22)27/h4-11H,1-3H3,(H2,22,27)(H,23,29)(H,25,28). The number of nitrogens with zero attached hydrogens (tertiary/aromatic N) is 2. The van der Waals surface area contributed by atoms with Gasteiger partial charge in [0, 0.05) is 24.0 Å². The topological polar surface area (TPSA) is 119 Å². The van der Waals surface area contributed by atoms with Crippen LogP contribution in [0.5, 0.6) is 0 Å². The molecule has 1 heterocycles. The van der Waals surface area contributed by atoms with E-state index in [1.165, 1.54) is 17.9 Å². The van der Waals surface area contributed by atoms with Crippen LogP contribution in [-0.2, 0) is 0 Å². The third-order valence-corrected chi connectivity index (χ3v) is 4.33. The van der Waals surface area contributed by atoms with E-state index in [2.05, 4.69) is 15.6 Å². The molecule has 3 aromatic rings. The van der Waals surface area contributed by atoms with Gasteiger partial charge in [0.25, 0.3) is 17.7 Å². The summed E-state index contributed by atoms with van der Waals surface area (Å²) < 4.78 is 1.43. The van der Waals surface area contributed by atoms with Crippen molar-refractivity contribution >= 4 is 23.4 Å². The van der Waals surface area contributed by atoms with Gasteiger partial charge in [0.05, 0.1) is 0 Å². The van der Waals surface area contributed by atoms with Gasteiger partial charge in [-0.1, -0.05) is 17.2 Å². The lowest BCUT2D eigenvalue weighted by Crippen LogP contribution is -2.25. The minimum absolute atomic E-state index is 0.0172. The second kappa shape index (κ2) is 7.97. The fourth-order valence-electron chi connectivity index (χ4n) is 3.08. The van der Waals surface area contributed by atoms with E-state index < -0.39 is 11.8 Å². The summed E-state index contributed by atoms with van der Waals surface area (Å²) in [5, 5.41) is 5.27. The molecule has 2 aromatic carbocycles. The van der Waals surface area contributed by atoms with Crippen molar-refractivity contribution in [2.75, 3.05) is 12.4 Å². The SMILES string of the molecule is CNC(=O)c1ncn(-c2ccc(NC(=O)c3cc(C)cc(C)c3)cc2)c1C(N)=O. The number of hydrogen-bond donors (Lipinski definition) is 3. The second-order valence-corrected chi connectivity index (χ2v) is 6.63. The number of amides is 3. The average molecular weight is 391 g/mol.